The Morgan fingerprint density at radius 1 is 1.38 bits per heavy atom. The van der Waals surface area contributed by atoms with E-state index in [9.17, 15) is 18.0 Å². The van der Waals surface area contributed by atoms with Gasteiger partial charge in [-0.25, -0.2) is 14.2 Å². The van der Waals surface area contributed by atoms with Gasteiger partial charge in [-0.3, -0.25) is 4.57 Å². The van der Waals surface area contributed by atoms with Gasteiger partial charge in [-0.15, -0.1) is 0 Å². The minimum absolute atomic E-state index is 0.0428. The second-order valence-electron chi connectivity index (χ2n) is 4.57. The molecule has 0 radical (unpaired) electrons. The molecule has 0 bridgehead atoms. The molecule has 0 saturated carbocycles. The van der Waals surface area contributed by atoms with Crippen molar-refractivity contribution in [3.05, 3.63) is 34.0 Å². The van der Waals surface area contributed by atoms with Crippen molar-refractivity contribution in [1.82, 2.24) is 9.55 Å². The van der Waals surface area contributed by atoms with E-state index in [2.05, 4.69) is 9.72 Å². The van der Waals surface area contributed by atoms with E-state index in [1.54, 1.807) is 0 Å². The minimum atomic E-state index is -2.93. The van der Waals surface area contributed by atoms with E-state index in [1.807, 2.05) is 0 Å². The Morgan fingerprint density at radius 3 is 2.58 bits per heavy atom. The Bertz CT molecular complexity index is 781. The van der Waals surface area contributed by atoms with E-state index < -0.39 is 30.1 Å². The summed E-state index contributed by atoms with van der Waals surface area (Å²) in [5.74, 6) is -1.63. The molecule has 0 aliphatic heterocycles. The largest absolute Gasteiger partial charge is 0.480 e. The van der Waals surface area contributed by atoms with Crippen LogP contribution >= 0.6 is 23.2 Å². The zero-order valence-corrected chi connectivity index (χ0v) is 14.0. The van der Waals surface area contributed by atoms with Crippen LogP contribution in [0.4, 0.5) is 13.2 Å². The SMILES string of the molecule is COC(=O)COc1cc(-c2nc(C)n(C(F)F)c2Cl)c(F)cc1Cl. The first-order valence-electron chi connectivity index (χ1n) is 6.47. The van der Waals surface area contributed by atoms with E-state index in [4.69, 9.17) is 27.9 Å². The summed E-state index contributed by atoms with van der Waals surface area (Å²) in [6, 6.07) is 2.04. The van der Waals surface area contributed by atoms with Crippen LogP contribution in [-0.4, -0.2) is 29.2 Å². The van der Waals surface area contributed by atoms with Crippen LogP contribution in [0.3, 0.4) is 0 Å². The number of esters is 1. The van der Waals surface area contributed by atoms with Gasteiger partial charge in [-0.1, -0.05) is 23.2 Å². The molecule has 24 heavy (non-hydrogen) atoms. The molecule has 130 valence electrons. The Kier molecular flexibility index (Phi) is 5.61. The van der Waals surface area contributed by atoms with Gasteiger partial charge in [0.1, 0.15) is 28.2 Å². The molecule has 0 amide bonds. The topological polar surface area (TPSA) is 53.4 Å². The predicted molar refractivity (Wildman–Crippen MR) is 81.1 cm³/mol. The normalized spacial score (nSPS) is 11.0. The molecular weight excluding hydrogens is 372 g/mol. The highest BCUT2D eigenvalue weighted by atomic mass is 35.5. The summed E-state index contributed by atoms with van der Waals surface area (Å²) in [4.78, 5) is 15.0. The van der Waals surface area contributed by atoms with Crippen molar-refractivity contribution >= 4 is 29.2 Å². The predicted octanol–water partition coefficient (Wildman–Crippen LogP) is 4.25. The fourth-order valence-electron chi connectivity index (χ4n) is 1.93. The average molecular weight is 383 g/mol. The highest BCUT2D eigenvalue weighted by Crippen LogP contribution is 2.37. The number of alkyl halides is 2. The summed E-state index contributed by atoms with van der Waals surface area (Å²) >= 11 is 11.7. The standard InChI is InChI=1S/C14H11Cl2F3N2O3/c1-6-20-12(13(16)21(6)14(18)19)7-3-10(8(15)4-9(7)17)24-5-11(22)23-2/h3-4,14H,5H2,1-2H3. The number of carbonyl (C=O) groups is 1. The van der Waals surface area contributed by atoms with Crippen molar-refractivity contribution in [3.63, 3.8) is 0 Å². The van der Waals surface area contributed by atoms with E-state index >= 15 is 0 Å². The van der Waals surface area contributed by atoms with Crippen molar-refractivity contribution in [2.45, 2.75) is 13.5 Å². The number of carbonyl (C=O) groups excluding carboxylic acids is 1. The van der Waals surface area contributed by atoms with Crippen molar-refractivity contribution in [2.75, 3.05) is 13.7 Å². The molecule has 0 saturated heterocycles. The van der Waals surface area contributed by atoms with Crippen molar-refractivity contribution < 1.29 is 27.4 Å². The van der Waals surface area contributed by atoms with Gasteiger partial charge in [-0.2, -0.15) is 8.78 Å². The number of halogens is 5. The number of nitrogens with zero attached hydrogens (tertiary/aromatic N) is 2. The lowest BCUT2D eigenvalue weighted by Gasteiger charge is -2.10. The Balaban J connectivity index is 2.48. The number of hydrogen-bond donors (Lipinski definition) is 0. The number of methoxy groups -OCH3 is 1. The molecule has 10 heteroatoms. The van der Waals surface area contributed by atoms with Crippen LogP contribution in [-0.2, 0) is 9.53 Å². The van der Waals surface area contributed by atoms with Crippen molar-refractivity contribution in [1.29, 1.82) is 0 Å². The van der Waals surface area contributed by atoms with Crippen LogP contribution in [0.15, 0.2) is 12.1 Å². The number of hydrogen-bond acceptors (Lipinski definition) is 4. The molecule has 1 heterocycles. The molecular formula is C14H11Cl2F3N2O3. The number of aryl methyl sites for hydroxylation is 1. The molecule has 0 fully saturated rings. The van der Waals surface area contributed by atoms with Gasteiger partial charge in [0.25, 0.3) is 0 Å². The lowest BCUT2D eigenvalue weighted by Crippen LogP contribution is -2.12. The van der Waals surface area contributed by atoms with E-state index in [-0.39, 0.29) is 27.9 Å². The summed E-state index contributed by atoms with van der Waals surface area (Å²) in [5.41, 5.74) is -0.377. The van der Waals surface area contributed by atoms with E-state index in [0.29, 0.717) is 4.57 Å². The van der Waals surface area contributed by atoms with Crippen LogP contribution < -0.4 is 4.74 Å². The number of benzene rings is 1. The molecule has 0 unspecified atom stereocenters. The molecule has 2 aromatic rings. The highest BCUT2D eigenvalue weighted by Gasteiger charge is 2.23. The van der Waals surface area contributed by atoms with Crippen LogP contribution in [0.1, 0.15) is 12.4 Å². The monoisotopic (exact) mass is 382 g/mol. The molecule has 1 aromatic carbocycles. The van der Waals surface area contributed by atoms with Gasteiger partial charge in [0.05, 0.1) is 12.1 Å². The lowest BCUT2D eigenvalue weighted by atomic mass is 10.1. The minimum Gasteiger partial charge on any atom is -0.480 e. The number of ether oxygens (including phenoxy) is 2. The summed E-state index contributed by atoms with van der Waals surface area (Å²) in [5, 5.41) is -0.538. The quantitative estimate of drug-likeness (QED) is 0.725. The second kappa shape index (κ2) is 7.31. The lowest BCUT2D eigenvalue weighted by molar-refractivity contribution is -0.142. The summed E-state index contributed by atoms with van der Waals surface area (Å²) in [6.45, 7) is -2.08. The third-order valence-corrected chi connectivity index (χ3v) is 3.73. The van der Waals surface area contributed by atoms with E-state index in [0.717, 1.165) is 12.1 Å². The summed E-state index contributed by atoms with van der Waals surface area (Å²) in [6.07, 6.45) is 0. The third-order valence-electron chi connectivity index (χ3n) is 3.07. The fraction of sp³-hybridized carbons (Fsp3) is 0.286. The Labute approximate surface area is 144 Å². The molecule has 5 nitrogen and oxygen atoms in total. The van der Waals surface area contributed by atoms with Crippen LogP contribution in [0.2, 0.25) is 10.2 Å². The zero-order valence-electron chi connectivity index (χ0n) is 12.4. The first-order chi connectivity index (χ1) is 11.3. The Morgan fingerprint density at radius 2 is 2.04 bits per heavy atom. The van der Waals surface area contributed by atoms with E-state index in [1.165, 1.54) is 14.0 Å². The van der Waals surface area contributed by atoms with Gasteiger partial charge < -0.3 is 9.47 Å². The van der Waals surface area contributed by atoms with Crippen molar-refractivity contribution in [3.8, 4) is 17.0 Å². The second-order valence-corrected chi connectivity index (χ2v) is 5.34. The summed E-state index contributed by atoms with van der Waals surface area (Å²) < 4.78 is 50.1. The van der Waals surface area contributed by atoms with Gasteiger partial charge in [0, 0.05) is 5.56 Å². The van der Waals surface area contributed by atoms with Gasteiger partial charge >= 0.3 is 12.5 Å². The van der Waals surface area contributed by atoms with Crippen LogP contribution in [0, 0.1) is 12.7 Å². The third kappa shape index (κ3) is 3.59. The molecule has 2 rings (SSSR count). The summed E-state index contributed by atoms with van der Waals surface area (Å²) in [7, 11) is 1.17. The van der Waals surface area contributed by atoms with Gasteiger partial charge in [-0.05, 0) is 19.1 Å². The molecule has 0 aliphatic carbocycles. The molecule has 1 aromatic heterocycles. The molecule has 0 atom stereocenters. The molecule has 0 spiro atoms. The van der Waals surface area contributed by atoms with Crippen LogP contribution in [0.25, 0.3) is 11.3 Å². The molecule has 0 N–H and O–H groups in total. The first-order valence-corrected chi connectivity index (χ1v) is 7.23. The fourth-order valence-corrected chi connectivity index (χ4v) is 2.48. The number of aromatic nitrogens is 2. The molecule has 0 aliphatic rings. The number of rotatable bonds is 5. The smallest absolute Gasteiger partial charge is 0.343 e. The first kappa shape index (κ1) is 18.4. The zero-order chi connectivity index (χ0) is 18.0. The Hall–Kier alpha value is -1.93. The maximum atomic E-state index is 14.2. The highest BCUT2D eigenvalue weighted by molar-refractivity contribution is 6.33. The maximum Gasteiger partial charge on any atom is 0.343 e. The van der Waals surface area contributed by atoms with Crippen molar-refractivity contribution in [2.24, 2.45) is 0 Å². The van der Waals surface area contributed by atoms with Gasteiger partial charge in [0.15, 0.2) is 6.61 Å². The number of imidazole rings is 1. The van der Waals surface area contributed by atoms with Crippen LogP contribution in [0.5, 0.6) is 5.75 Å². The average Bonchev–Trinajstić information content (AvgIpc) is 2.80. The maximum absolute atomic E-state index is 14.2. The van der Waals surface area contributed by atoms with Gasteiger partial charge in [0.2, 0.25) is 0 Å².